The summed E-state index contributed by atoms with van der Waals surface area (Å²) in [4.78, 5) is 10.1. The highest BCUT2D eigenvalue weighted by Gasteiger charge is 2.57. The van der Waals surface area contributed by atoms with E-state index in [1.807, 2.05) is 37.6 Å². The third-order valence-electron chi connectivity index (χ3n) is 6.01. The molecule has 2 aromatic heterocycles. The fraction of sp³-hybridized carbons (Fsp3) is 0.684. The predicted molar refractivity (Wildman–Crippen MR) is 100 cm³/mol. The van der Waals surface area contributed by atoms with Gasteiger partial charge in [-0.05, 0) is 26.8 Å². The molecule has 158 valence electrons. The Bertz CT molecular complexity index is 936. The summed E-state index contributed by atoms with van der Waals surface area (Å²) in [5, 5.41) is 0.724. The number of likely N-dealkylation sites (tertiary alicyclic amines) is 1. The molecule has 3 saturated heterocycles. The van der Waals surface area contributed by atoms with Crippen LogP contribution in [0.4, 0.5) is 14.6 Å². The second kappa shape index (κ2) is 6.31. The molecular formula is C19H25F2N5O3. The maximum atomic E-state index is 13.9. The van der Waals surface area contributed by atoms with Gasteiger partial charge < -0.3 is 24.5 Å². The van der Waals surface area contributed by atoms with Gasteiger partial charge in [-0.15, -0.1) is 0 Å². The third-order valence-corrected chi connectivity index (χ3v) is 6.01. The number of aromatic nitrogens is 3. The summed E-state index contributed by atoms with van der Waals surface area (Å²) in [6.45, 7) is 5.60. The van der Waals surface area contributed by atoms with Gasteiger partial charge in [0.05, 0.1) is 11.9 Å². The highest BCUT2D eigenvalue weighted by atomic mass is 19.3. The molecule has 3 fully saturated rings. The Kier molecular flexibility index (Phi) is 4.16. The molecule has 0 radical (unpaired) electrons. The number of fused-ring (bicyclic) bond motifs is 2. The second-order valence-corrected chi connectivity index (χ2v) is 8.69. The lowest BCUT2D eigenvalue weighted by atomic mass is 10.1. The smallest absolute Gasteiger partial charge is 0.262 e. The van der Waals surface area contributed by atoms with Crippen LogP contribution in [0.1, 0.15) is 33.4 Å². The van der Waals surface area contributed by atoms with Crippen LogP contribution in [0.3, 0.4) is 0 Å². The summed E-state index contributed by atoms with van der Waals surface area (Å²) >= 11 is 0. The first-order chi connectivity index (χ1) is 13.6. The molecule has 0 spiro atoms. The van der Waals surface area contributed by atoms with Gasteiger partial charge in [-0.25, -0.2) is 18.7 Å². The van der Waals surface area contributed by atoms with Crippen LogP contribution < -0.4 is 5.73 Å². The van der Waals surface area contributed by atoms with E-state index in [0.29, 0.717) is 18.0 Å². The van der Waals surface area contributed by atoms with Crippen LogP contribution in [0.25, 0.3) is 11.0 Å². The van der Waals surface area contributed by atoms with Gasteiger partial charge in [0.2, 0.25) is 0 Å². The van der Waals surface area contributed by atoms with Crippen molar-refractivity contribution >= 4 is 16.9 Å². The minimum atomic E-state index is -2.67. The molecule has 0 aliphatic carbocycles. The summed E-state index contributed by atoms with van der Waals surface area (Å²) in [6, 6.07) is 1.61. The van der Waals surface area contributed by atoms with E-state index in [9.17, 15) is 8.78 Å². The molecule has 2 N–H and O–H groups in total. The first-order valence-electron chi connectivity index (χ1n) is 9.83. The number of nitrogen functional groups attached to an aromatic ring is 1. The van der Waals surface area contributed by atoms with Gasteiger partial charge in [-0.3, -0.25) is 4.90 Å². The Hall–Kier alpha value is -1.88. The lowest BCUT2D eigenvalue weighted by Crippen LogP contribution is -2.42. The first kappa shape index (κ1) is 19.1. The van der Waals surface area contributed by atoms with E-state index in [1.54, 1.807) is 4.90 Å². The van der Waals surface area contributed by atoms with Crippen molar-refractivity contribution in [2.75, 3.05) is 18.8 Å². The number of hydrogen-bond donors (Lipinski definition) is 1. The molecule has 0 amide bonds. The van der Waals surface area contributed by atoms with Crippen molar-refractivity contribution in [2.45, 2.75) is 69.5 Å². The van der Waals surface area contributed by atoms with Crippen LogP contribution in [-0.4, -0.2) is 68.6 Å². The Morgan fingerprint density at radius 2 is 2.00 bits per heavy atom. The molecule has 0 aromatic carbocycles. The van der Waals surface area contributed by atoms with Crippen LogP contribution >= 0.6 is 0 Å². The number of ether oxygens (including phenoxy) is 3. The molecule has 8 nitrogen and oxygen atoms in total. The average molecular weight is 409 g/mol. The third kappa shape index (κ3) is 3.18. The van der Waals surface area contributed by atoms with E-state index in [-0.39, 0.29) is 31.2 Å². The lowest BCUT2D eigenvalue weighted by molar-refractivity contribution is -0.198. The number of halogens is 2. The summed E-state index contributed by atoms with van der Waals surface area (Å²) in [5.41, 5.74) is 6.59. The fourth-order valence-electron chi connectivity index (χ4n) is 4.78. The van der Waals surface area contributed by atoms with Crippen molar-refractivity contribution in [3.63, 3.8) is 0 Å². The Morgan fingerprint density at radius 1 is 1.24 bits per heavy atom. The van der Waals surface area contributed by atoms with Gasteiger partial charge in [0.1, 0.15) is 36.1 Å². The van der Waals surface area contributed by atoms with Crippen molar-refractivity contribution in [2.24, 2.45) is 0 Å². The van der Waals surface area contributed by atoms with Gasteiger partial charge in [-0.1, -0.05) is 0 Å². The molecule has 5 atom stereocenters. The van der Waals surface area contributed by atoms with Crippen LogP contribution in [0.5, 0.6) is 0 Å². The van der Waals surface area contributed by atoms with Gasteiger partial charge in [-0.2, -0.15) is 0 Å². The predicted octanol–water partition coefficient (Wildman–Crippen LogP) is 2.16. The maximum Gasteiger partial charge on any atom is 0.262 e. The molecular weight excluding hydrogens is 384 g/mol. The summed E-state index contributed by atoms with van der Waals surface area (Å²) in [7, 11) is 0. The fourth-order valence-corrected chi connectivity index (χ4v) is 4.78. The van der Waals surface area contributed by atoms with E-state index >= 15 is 0 Å². The molecule has 3 aliphatic rings. The van der Waals surface area contributed by atoms with E-state index < -0.39 is 24.0 Å². The Labute approximate surface area is 166 Å². The van der Waals surface area contributed by atoms with Crippen molar-refractivity contribution in [3.05, 3.63) is 18.6 Å². The Balaban J connectivity index is 1.45. The molecule has 5 rings (SSSR count). The van der Waals surface area contributed by atoms with E-state index in [0.717, 1.165) is 5.39 Å². The zero-order valence-electron chi connectivity index (χ0n) is 16.6. The quantitative estimate of drug-likeness (QED) is 0.831. The van der Waals surface area contributed by atoms with Crippen LogP contribution in [-0.2, 0) is 14.2 Å². The van der Waals surface area contributed by atoms with Crippen LogP contribution in [0.15, 0.2) is 18.6 Å². The lowest BCUT2D eigenvalue weighted by Gasteiger charge is -2.28. The molecule has 10 heteroatoms. The second-order valence-electron chi connectivity index (χ2n) is 8.69. The summed E-state index contributed by atoms with van der Waals surface area (Å²) in [6.07, 6.45) is 1.44. The van der Waals surface area contributed by atoms with Crippen molar-refractivity contribution in [1.82, 2.24) is 19.4 Å². The van der Waals surface area contributed by atoms with Gasteiger partial charge in [0.25, 0.3) is 5.92 Å². The standard InChI is InChI=1S/C19H25F2N5O3/c1-10-6-19(20,21)8-25(10)7-12-13-14(29-18(2,3)28-13)17(27-12)26-5-4-11-15(22)23-9-24-16(11)26/h4-5,9-10,12-14,17H,6-8H2,1-3H3,(H2,22,23,24)/t10-,12-,13-,14-,17-/m1/s1. The molecule has 0 bridgehead atoms. The number of hydrogen-bond acceptors (Lipinski definition) is 7. The van der Waals surface area contributed by atoms with Gasteiger partial charge in [0, 0.05) is 25.2 Å². The number of nitrogens with zero attached hydrogens (tertiary/aromatic N) is 4. The minimum absolute atomic E-state index is 0.140. The molecule has 0 unspecified atom stereocenters. The summed E-state index contributed by atoms with van der Waals surface area (Å²) < 4.78 is 48.1. The zero-order chi connectivity index (χ0) is 20.6. The van der Waals surface area contributed by atoms with Gasteiger partial charge >= 0.3 is 0 Å². The topological polar surface area (TPSA) is 87.7 Å². The number of rotatable bonds is 3. The summed E-state index contributed by atoms with van der Waals surface area (Å²) in [5.74, 6) is -3.07. The minimum Gasteiger partial charge on any atom is -0.383 e. The molecule has 0 saturated carbocycles. The average Bonchev–Trinajstić information content (AvgIpc) is 3.31. The number of nitrogens with two attached hydrogens (primary N) is 1. The van der Waals surface area contributed by atoms with E-state index in [1.165, 1.54) is 6.33 Å². The molecule has 29 heavy (non-hydrogen) atoms. The molecule has 2 aromatic rings. The van der Waals surface area contributed by atoms with Crippen molar-refractivity contribution in [1.29, 1.82) is 0 Å². The Morgan fingerprint density at radius 3 is 2.72 bits per heavy atom. The molecule has 3 aliphatic heterocycles. The molecule has 5 heterocycles. The highest BCUT2D eigenvalue weighted by molar-refractivity contribution is 5.86. The first-order valence-corrected chi connectivity index (χ1v) is 9.83. The normalized spacial score (nSPS) is 36.1. The maximum absolute atomic E-state index is 13.9. The largest absolute Gasteiger partial charge is 0.383 e. The van der Waals surface area contributed by atoms with E-state index in [4.69, 9.17) is 19.9 Å². The number of anilines is 1. The van der Waals surface area contributed by atoms with Crippen molar-refractivity contribution in [3.8, 4) is 0 Å². The zero-order valence-corrected chi connectivity index (χ0v) is 16.6. The number of alkyl halides is 2. The van der Waals surface area contributed by atoms with Crippen molar-refractivity contribution < 1.29 is 23.0 Å². The van der Waals surface area contributed by atoms with Gasteiger partial charge in [0.15, 0.2) is 12.0 Å². The monoisotopic (exact) mass is 409 g/mol. The van der Waals surface area contributed by atoms with E-state index in [2.05, 4.69) is 9.97 Å². The highest BCUT2D eigenvalue weighted by Crippen LogP contribution is 2.45. The van der Waals surface area contributed by atoms with Crippen LogP contribution in [0.2, 0.25) is 0 Å². The van der Waals surface area contributed by atoms with Crippen LogP contribution in [0, 0.1) is 0 Å². The SMILES string of the molecule is C[C@@H]1CC(F)(F)CN1C[C@H]1O[C@@H](n2ccc3c(N)ncnc32)[C@@H]2OC(C)(C)O[C@@H]21.